The molecule has 8 unspecified atom stereocenters. The van der Waals surface area contributed by atoms with E-state index in [0.717, 1.165) is 18.4 Å². The molecule has 0 saturated heterocycles. The van der Waals surface area contributed by atoms with Gasteiger partial charge in [-0.05, 0) is 68.1 Å². The molecule has 166 valence electrons. The van der Waals surface area contributed by atoms with Crippen molar-refractivity contribution in [3.63, 3.8) is 0 Å². The van der Waals surface area contributed by atoms with E-state index in [-0.39, 0.29) is 58.6 Å². The SMILES string of the molecule is CC(C)C1=CC23CCC4C(C)(C(=O)O)CCCC4(C)C2CC1C(C(=O)O)C3C(=O)[O-].[Na+]. The molecule has 0 radical (unpaired) electrons. The Bertz CT molecular complexity index is 836. The molecule has 0 aromatic heterocycles. The molecule has 31 heavy (non-hydrogen) atoms. The Balaban J connectivity index is 0.00000272. The van der Waals surface area contributed by atoms with Gasteiger partial charge in [0.05, 0.1) is 11.3 Å². The predicted octanol–water partition coefficient (Wildman–Crippen LogP) is -0.0331. The van der Waals surface area contributed by atoms with E-state index in [1.807, 2.05) is 20.8 Å². The van der Waals surface area contributed by atoms with Crippen molar-refractivity contribution in [2.24, 2.45) is 51.8 Å². The molecule has 0 aromatic carbocycles. The fraction of sp³-hybridized carbons (Fsp3) is 0.792. The molecule has 1 spiro atoms. The smallest absolute Gasteiger partial charge is 0.550 e. The fourth-order valence-electron chi connectivity index (χ4n) is 8.54. The maximum absolute atomic E-state index is 12.4. The van der Waals surface area contributed by atoms with Gasteiger partial charge in [0, 0.05) is 17.3 Å². The van der Waals surface area contributed by atoms with Gasteiger partial charge in [0.15, 0.2) is 0 Å². The Kier molecular flexibility index (Phi) is 6.30. The average Bonchev–Trinajstić information content (AvgIpc) is 2.65. The number of fused-ring (bicyclic) bond motifs is 2. The number of aliphatic carboxylic acids is 3. The largest absolute Gasteiger partial charge is 1.00 e. The van der Waals surface area contributed by atoms with Gasteiger partial charge >= 0.3 is 41.5 Å². The quantitative estimate of drug-likeness (QED) is 0.469. The van der Waals surface area contributed by atoms with Gasteiger partial charge in [-0.3, -0.25) is 9.59 Å². The molecule has 0 aromatic rings. The summed E-state index contributed by atoms with van der Waals surface area (Å²) in [5, 5.41) is 32.5. The van der Waals surface area contributed by atoms with Gasteiger partial charge in [-0.15, -0.1) is 0 Å². The fourth-order valence-corrected chi connectivity index (χ4v) is 8.54. The standard InChI is InChI=1S/C24H34O6.Na/c1-12(2)14-11-24-9-6-15-22(3,7-5-8-23(15,4)21(29)30)16(24)10-13(14)17(19(25)26)18(24)20(27)28;/h11-13,15-18H,5-10H2,1-4H3,(H,25,26)(H,27,28)(H,29,30);/q;+1/p-1. The van der Waals surface area contributed by atoms with Gasteiger partial charge in [-0.1, -0.05) is 38.8 Å². The van der Waals surface area contributed by atoms with Crippen LogP contribution in [0, 0.1) is 51.8 Å². The van der Waals surface area contributed by atoms with Crippen LogP contribution in [-0.2, 0) is 14.4 Å². The van der Waals surface area contributed by atoms with Crippen LogP contribution in [0.3, 0.4) is 0 Å². The van der Waals surface area contributed by atoms with E-state index in [4.69, 9.17) is 0 Å². The Morgan fingerprint density at radius 3 is 2.26 bits per heavy atom. The molecule has 0 amide bonds. The summed E-state index contributed by atoms with van der Waals surface area (Å²) in [7, 11) is 0. The van der Waals surface area contributed by atoms with E-state index in [9.17, 15) is 29.7 Å². The molecule has 0 aliphatic heterocycles. The van der Waals surface area contributed by atoms with Crippen LogP contribution in [0.4, 0.5) is 0 Å². The second-order valence-corrected chi connectivity index (χ2v) is 11.1. The first kappa shape index (κ1) is 24.8. The summed E-state index contributed by atoms with van der Waals surface area (Å²) in [5.41, 5.74) is -0.843. The zero-order valence-corrected chi connectivity index (χ0v) is 21.3. The van der Waals surface area contributed by atoms with Crippen LogP contribution >= 0.6 is 0 Å². The summed E-state index contributed by atoms with van der Waals surface area (Å²) in [4.78, 5) is 36.9. The summed E-state index contributed by atoms with van der Waals surface area (Å²) >= 11 is 0. The van der Waals surface area contributed by atoms with E-state index >= 15 is 0 Å². The molecule has 5 aliphatic carbocycles. The third-order valence-corrected chi connectivity index (χ3v) is 9.71. The number of carbonyl (C=O) groups is 3. The Morgan fingerprint density at radius 1 is 1.10 bits per heavy atom. The number of carboxylic acid groups (broad SMARTS) is 3. The topological polar surface area (TPSA) is 115 Å². The van der Waals surface area contributed by atoms with Crippen molar-refractivity contribution >= 4 is 17.9 Å². The van der Waals surface area contributed by atoms with Crippen molar-refractivity contribution in [2.75, 3.05) is 0 Å². The molecule has 7 heteroatoms. The van der Waals surface area contributed by atoms with E-state index in [1.54, 1.807) is 0 Å². The van der Waals surface area contributed by atoms with E-state index in [0.29, 0.717) is 25.7 Å². The van der Waals surface area contributed by atoms with Gasteiger partial charge in [-0.25, -0.2) is 0 Å². The van der Waals surface area contributed by atoms with Gasteiger partial charge in [0.25, 0.3) is 0 Å². The molecular weight excluding hydrogens is 407 g/mol. The Hall–Kier alpha value is -0.850. The van der Waals surface area contributed by atoms with E-state index in [2.05, 4.69) is 13.0 Å². The third-order valence-electron chi connectivity index (χ3n) is 9.71. The second-order valence-electron chi connectivity index (χ2n) is 11.1. The molecule has 8 atom stereocenters. The van der Waals surface area contributed by atoms with Gasteiger partial charge in [0.2, 0.25) is 0 Å². The van der Waals surface area contributed by atoms with Crippen molar-refractivity contribution < 1.29 is 59.3 Å². The molecule has 2 N–H and O–H groups in total. The average molecular weight is 441 g/mol. The minimum absolute atomic E-state index is 0. The monoisotopic (exact) mass is 440 g/mol. The molecule has 0 heterocycles. The normalized spacial score (nSPS) is 45.7. The number of rotatable bonds is 4. The molecule has 2 bridgehead atoms. The minimum Gasteiger partial charge on any atom is -0.550 e. The molecular formula is C24H33NaO6. The Morgan fingerprint density at radius 2 is 1.74 bits per heavy atom. The van der Waals surface area contributed by atoms with Crippen LogP contribution in [0.25, 0.3) is 0 Å². The maximum Gasteiger partial charge on any atom is 1.00 e. The second kappa shape index (κ2) is 7.88. The summed E-state index contributed by atoms with van der Waals surface area (Å²) in [6.45, 7) is 8.08. The zero-order chi connectivity index (χ0) is 22.2. The number of carbonyl (C=O) groups excluding carboxylic acids is 1. The van der Waals surface area contributed by atoms with E-state index < -0.39 is 40.6 Å². The number of allylic oxidation sites excluding steroid dienone is 2. The summed E-state index contributed by atoms with van der Waals surface area (Å²) in [6, 6.07) is 0. The van der Waals surface area contributed by atoms with Crippen LogP contribution < -0.4 is 34.7 Å². The first-order chi connectivity index (χ1) is 13.9. The summed E-state index contributed by atoms with van der Waals surface area (Å²) < 4.78 is 0. The summed E-state index contributed by atoms with van der Waals surface area (Å²) in [5.74, 6) is -5.36. The van der Waals surface area contributed by atoms with Gasteiger partial charge < -0.3 is 20.1 Å². The van der Waals surface area contributed by atoms with Crippen LogP contribution in [0.2, 0.25) is 0 Å². The van der Waals surface area contributed by atoms with Crippen molar-refractivity contribution in [1.82, 2.24) is 0 Å². The van der Waals surface area contributed by atoms with Crippen LogP contribution in [0.5, 0.6) is 0 Å². The first-order valence-electron chi connectivity index (χ1n) is 11.3. The van der Waals surface area contributed by atoms with Crippen LogP contribution in [0.15, 0.2) is 11.6 Å². The van der Waals surface area contributed by atoms with Crippen molar-refractivity contribution in [3.8, 4) is 0 Å². The molecule has 6 nitrogen and oxygen atoms in total. The molecule has 3 fully saturated rings. The zero-order valence-electron chi connectivity index (χ0n) is 19.3. The first-order valence-corrected chi connectivity index (χ1v) is 11.3. The number of carboxylic acids is 3. The molecule has 5 aliphatic rings. The van der Waals surface area contributed by atoms with Crippen molar-refractivity contribution in [3.05, 3.63) is 11.6 Å². The van der Waals surface area contributed by atoms with Crippen LogP contribution in [0.1, 0.15) is 66.2 Å². The third kappa shape index (κ3) is 3.18. The van der Waals surface area contributed by atoms with Crippen molar-refractivity contribution in [2.45, 2.75) is 66.2 Å². The minimum atomic E-state index is -1.27. The number of hydrogen-bond acceptors (Lipinski definition) is 4. The Labute approximate surface area is 206 Å². The number of hydrogen-bond donors (Lipinski definition) is 2. The molecule has 5 rings (SSSR count). The van der Waals surface area contributed by atoms with Crippen molar-refractivity contribution in [1.29, 1.82) is 0 Å². The summed E-state index contributed by atoms with van der Waals surface area (Å²) in [6.07, 6.45) is 6.18. The molecule has 3 saturated carbocycles. The predicted molar refractivity (Wildman–Crippen MR) is 107 cm³/mol. The van der Waals surface area contributed by atoms with E-state index in [1.165, 1.54) is 0 Å². The van der Waals surface area contributed by atoms with Gasteiger partial charge in [-0.2, -0.15) is 0 Å². The van der Waals surface area contributed by atoms with Crippen LogP contribution in [-0.4, -0.2) is 28.1 Å². The van der Waals surface area contributed by atoms with Gasteiger partial charge in [0.1, 0.15) is 0 Å². The maximum atomic E-state index is 12.4.